The first-order chi connectivity index (χ1) is 34.5. The van der Waals surface area contributed by atoms with E-state index in [9.17, 15) is 19.2 Å². The number of nitrogens with zero attached hydrogens (tertiary/aromatic N) is 1. The SMILES string of the molecule is CN(CC1C[C@H]2[C@@H]3CC[C@H]4C[C@@]5(CC[C@]4(C)[C@H]3CC[C@]2(C)C1=O)NCCc1c5c(=O)oc2cc(N)ccc12)c1ccc2c3c(c(=O)oc2c1)[C@]1(CC[C@@]2(C)[C@@H](CC[C@@H]4[C@@H]2CC[C@]2(C)C(=O)CC[C@@H]42)C1)NCC3. The molecule has 4 aromatic rings. The number of hydrogen-bond donors (Lipinski definition) is 3. The summed E-state index contributed by atoms with van der Waals surface area (Å²) >= 11 is 0. The quantitative estimate of drug-likeness (QED) is 0.134. The van der Waals surface area contributed by atoms with Crippen molar-refractivity contribution >= 4 is 44.9 Å². The van der Waals surface area contributed by atoms with E-state index in [-0.39, 0.29) is 49.9 Å². The van der Waals surface area contributed by atoms with E-state index in [0.29, 0.717) is 82.3 Å². The monoisotopic (exact) mass is 975 g/mol. The molecular formula is C62H78N4O6. The van der Waals surface area contributed by atoms with Gasteiger partial charge in [-0.1, -0.05) is 27.7 Å². The maximum absolute atomic E-state index is 14.8. The second-order valence-corrected chi connectivity index (χ2v) is 27.2. The van der Waals surface area contributed by atoms with Gasteiger partial charge >= 0.3 is 11.3 Å². The Morgan fingerprint density at radius 3 is 1.78 bits per heavy atom. The fraction of sp³-hybridized carbons (Fsp3) is 0.677. The maximum atomic E-state index is 14.8. The summed E-state index contributed by atoms with van der Waals surface area (Å²) in [5, 5.41) is 9.95. The predicted molar refractivity (Wildman–Crippen MR) is 282 cm³/mol. The Labute approximate surface area is 424 Å². The number of hydrogen-bond acceptors (Lipinski definition) is 10. The summed E-state index contributed by atoms with van der Waals surface area (Å²) in [6.45, 7) is 12.1. The van der Waals surface area contributed by atoms with Crippen LogP contribution in [0.4, 0.5) is 11.4 Å². The van der Waals surface area contributed by atoms with Crippen molar-refractivity contribution in [3.05, 3.63) is 79.5 Å². The first-order valence-corrected chi connectivity index (χ1v) is 28.7. The number of carbonyl (C=O) groups excluding carboxylic acids is 2. The molecule has 14 rings (SSSR count). The van der Waals surface area contributed by atoms with Crippen molar-refractivity contribution in [1.82, 2.24) is 10.6 Å². The van der Waals surface area contributed by atoms with Crippen LogP contribution in [0, 0.1) is 74.9 Å². The molecule has 8 aliphatic carbocycles. The summed E-state index contributed by atoms with van der Waals surface area (Å²) in [4.78, 5) is 58.5. The van der Waals surface area contributed by atoms with Gasteiger partial charge in [0.15, 0.2) is 0 Å². The van der Waals surface area contributed by atoms with E-state index in [0.717, 1.165) is 149 Å². The van der Waals surface area contributed by atoms with Gasteiger partial charge in [-0.15, -0.1) is 0 Å². The number of anilines is 2. The van der Waals surface area contributed by atoms with Crippen LogP contribution >= 0.6 is 0 Å². The Balaban J connectivity index is 0.679. The highest BCUT2D eigenvalue weighted by Crippen LogP contribution is 2.69. The normalized spacial score (nSPS) is 42.8. The predicted octanol–water partition coefficient (Wildman–Crippen LogP) is 10.7. The highest BCUT2D eigenvalue weighted by molar-refractivity contribution is 5.91. The first kappa shape index (κ1) is 46.3. The van der Waals surface area contributed by atoms with Gasteiger partial charge in [-0.05, 0) is 209 Å². The lowest BCUT2D eigenvalue weighted by atomic mass is 9.43. The number of ketones is 2. The summed E-state index contributed by atoms with van der Waals surface area (Å²) in [6, 6.07) is 12.2. The van der Waals surface area contributed by atoms with Crippen molar-refractivity contribution in [3.8, 4) is 0 Å². The fourth-order valence-corrected chi connectivity index (χ4v) is 20.9. The van der Waals surface area contributed by atoms with Gasteiger partial charge in [0, 0.05) is 84.1 Å². The van der Waals surface area contributed by atoms with Crippen LogP contribution in [0.1, 0.15) is 159 Å². The molecular weight excluding hydrogens is 897 g/mol. The van der Waals surface area contributed by atoms with Crippen molar-refractivity contribution in [3.63, 3.8) is 0 Å². The number of benzene rings is 2. The van der Waals surface area contributed by atoms with Gasteiger partial charge in [-0.2, -0.15) is 0 Å². The zero-order valence-corrected chi connectivity index (χ0v) is 43.7. The topological polar surface area (TPSA) is 148 Å². The summed E-state index contributed by atoms with van der Waals surface area (Å²) in [5.41, 5.74) is 11.9. The van der Waals surface area contributed by atoms with Gasteiger partial charge in [0.1, 0.15) is 22.7 Å². The van der Waals surface area contributed by atoms with Crippen LogP contribution in [-0.2, 0) is 33.5 Å². The molecule has 10 heteroatoms. The van der Waals surface area contributed by atoms with Crippen molar-refractivity contribution in [2.75, 3.05) is 37.3 Å². The lowest BCUT2D eigenvalue weighted by Crippen LogP contribution is -2.60. The van der Waals surface area contributed by atoms with E-state index in [2.05, 4.69) is 68.5 Å². The standard InChI is InChI=1S/C62H78N4O6/c1-57-22-24-62(31-35(57)6-10-43-45-14-15-51(67)59(45,3)20-16-46(43)57)53-42(19-27-65-62)40-13-9-38(30-50(40)72-56(53)70)66(5)33-34-28-48-44-11-7-36-32-61(25-23-58(36,2)47(44)17-21-60(48,4)54(34)68)52-41(18-26-64-61)39-12-8-37(63)29-49(39)71-55(52)69/h8-9,12-13,29-30,34-36,43-48,64-65H,6-7,10-11,14-28,31-33,63H2,1-5H3/t34?,35-,36-,43-,44+,45-,46-,47-,48-,57-,58-,59-,60-,61+,62+/m0/s1. The van der Waals surface area contributed by atoms with Crippen molar-refractivity contribution in [1.29, 1.82) is 0 Å². The number of nitrogens with one attached hydrogen (secondary N) is 2. The molecule has 382 valence electrons. The molecule has 0 amide bonds. The van der Waals surface area contributed by atoms with Gasteiger partial charge in [0.2, 0.25) is 0 Å². The molecule has 8 saturated carbocycles. The van der Waals surface area contributed by atoms with E-state index in [1.807, 2.05) is 12.1 Å². The molecule has 1 unspecified atom stereocenters. The number of Topliss-reactive ketones (excluding diaryl/α,β-unsaturated/α-hetero) is 2. The van der Waals surface area contributed by atoms with Crippen LogP contribution in [0.3, 0.4) is 0 Å². The number of fused-ring (bicyclic) bond motifs is 18. The Morgan fingerprint density at radius 2 is 1.17 bits per heavy atom. The van der Waals surface area contributed by atoms with Crippen molar-refractivity contribution < 1.29 is 18.4 Å². The van der Waals surface area contributed by atoms with Crippen LogP contribution in [0.5, 0.6) is 0 Å². The lowest BCUT2D eigenvalue weighted by molar-refractivity contribution is -0.143. The maximum Gasteiger partial charge on any atom is 0.341 e. The van der Waals surface area contributed by atoms with E-state index < -0.39 is 0 Å². The summed E-state index contributed by atoms with van der Waals surface area (Å²) in [5.74, 6) is 5.29. The van der Waals surface area contributed by atoms with Crippen LogP contribution in [0.2, 0.25) is 0 Å². The zero-order valence-electron chi connectivity index (χ0n) is 43.7. The van der Waals surface area contributed by atoms with Crippen LogP contribution in [0.15, 0.2) is 54.8 Å². The third-order valence-electron chi connectivity index (χ3n) is 24.7. The average Bonchev–Trinajstić information content (AvgIpc) is 3.81. The Morgan fingerprint density at radius 1 is 0.611 bits per heavy atom. The minimum absolute atomic E-state index is 0.0424. The van der Waals surface area contributed by atoms with Gasteiger partial charge in [-0.25, -0.2) is 9.59 Å². The molecule has 10 aliphatic rings. The largest absolute Gasteiger partial charge is 0.422 e. The average molecular weight is 975 g/mol. The highest BCUT2D eigenvalue weighted by Gasteiger charge is 2.65. The molecule has 2 aromatic heterocycles. The molecule has 2 aliphatic heterocycles. The third kappa shape index (κ3) is 6.20. The number of nitrogen functional groups attached to an aromatic ring is 1. The number of carbonyl (C=O) groups is 2. The number of nitrogens with two attached hydrogens (primary N) is 1. The van der Waals surface area contributed by atoms with Gasteiger partial charge < -0.3 is 30.1 Å². The van der Waals surface area contributed by atoms with Gasteiger partial charge in [0.05, 0.1) is 22.2 Å². The molecule has 15 atom stereocenters. The zero-order chi connectivity index (χ0) is 49.5. The number of rotatable bonds is 3. The molecule has 0 saturated heterocycles. The molecule has 10 nitrogen and oxygen atoms in total. The van der Waals surface area contributed by atoms with E-state index in [1.54, 1.807) is 6.07 Å². The Hall–Kier alpha value is -4.28. The highest BCUT2D eigenvalue weighted by atomic mass is 16.4. The molecule has 8 fully saturated rings. The van der Waals surface area contributed by atoms with Gasteiger partial charge in [-0.3, -0.25) is 9.59 Å². The molecule has 2 spiro atoms. The summed E-state index contributed by atoms with van der Waals surface area (Å²) in [7, 11) is 2.11. The second kappa shape index (κ2) is 15.6. The fourth-order valence-electron chi connectivity index (χ4n) is 20.9. The molecule has 2 aromatic carbocycles. The minimum atomic E-state index is -0.372. The Kier molecular flexibility index (Phi) is 10.1. The van der Waals surface area contributed by atoms with E-state index in [4.69, 9.17) is 14.6 Å². The van der Waals surface area contributed by atoms with Crippen LogP contribution < -0.4 is 32.5 Å². The second-order valence-electron chi connectivity index (χ2n) is 27.2. The van der Waals surface area contributed by atoms with Crippen molar-refractivity contribution in [2.24, 2.45) is 74.9 Å². The molecule has 4 N–H and O–H groups in total. The van der Waals surface area contributed by atoms with E-state index >= 15 is 0 Å². The summed E-state index contributed by atoms with van der Waals surface area (Å²) < 4.78 is 12.4. The molecule has 4 heterocycles. The lowest BCUT2D eigenvalue weighted by Gasteiger charge is -2.62. The first-order valence-electron chi connectivity index (χ1n) is 28.7. The molecule has 0 bridgehead atoms. The van der Waals surface area contributed by atoms with Gasteiger partial charge in [0.25, 0.3) is 0 Å². The third-order valence-corrected chi connectivity index (χ3v) is 24.7. The van der Waals surface area contributed by atoms with Crippen molar-refractivity contribution in [2.45, 2.75) is 161 Å². The van der Waals surface area contributed by atoms with Crippen LogP contribution in [0.25, 0.3) is 21.9 Å². The minimum Gasteiger partial charge on any atom is -0.422 e. The van der Waals surface area contributed by atoms with Crippen LogP contribution in [-0.4, -0.2) is 38.2 Å². The molecule has 72 heavy (non-hydrogen) atoms. The smallest absolute Gasteiger partial charge is 0.341 e. The molecule has 0 radical (unpaired) electrons. The van der Waals surface area contributed by atoms with E-state index in [1.165, 1.54) is 24.8 Å². The summed E-state index contributed by atoms with van der Waals surface area (Å²) in [6.07, 6.45) is 19.3. The Bertz CT molecular complexity index is 3110.